The molecule has 5 nitrogen and oxygen atoms in total. The highest BCUT2D eigenvalue weighted by molar-refractivity contribution is 7.89. The zero-order valence-corrected chi connectivity index (χ0v) is 17.4. The lowest BCUT2D eigenvalue weighted by Gasteiger charge is -2.19. The summed E-state index contributed by atoms with van der Waals surface area (Å²) in [7, 11) is -3.68. The van der Waals surface area contributed by atoms with Crippen LogP contribution >= 0.6 is 0 Å². The first-order chi connectivity index (χ1) is 13.5. The molecule has 1 amide bonds. The Bertz CT molecular complexity index is 692. The van der Waals surface area contributed by atoms with E-state index in [1.807, 2.05) is 0 Å². The summed E-state index contributed by atoms with van der Waals surface area (Å²) in [6.07, 6.45) is 11.6. The normalized spacial score (nSPS) is 21.8. The molecular formula is C21H33FN2O3S. The standard InChI is InChI=1S/C21H33FN2O3S/c22-18-13-15-20(16-14-18)28(26,27)24-19-10-7-5-3-1-2-4-6-8-12-21(25)23-17-9-11-19/h13-16,19,24H,1-12,17H2,(H,23,25). The van der Waals surface area contributed by atoms with Crippen molar-refractivity contribution in [3.8, 4) is 0 Å². The zero-order valence-electron chi connectivity index (χ0n) is 16.6. The number of nitrogens with one attached hydrogen (secondary N) is 2. The van der Waals surface area contributed by atoms with Crippen molar-refractivity contribution >= 4 is 15.9 Å². The van der Waals surface area contributed by atoms with E-state index in [1.165, 1.54) is 31.4 Å². The van der Waals surface area contributed by atoms with E-state index in [9.17, 15) is 17.6 Å². The number of sulfonamides is 1. The summed E-state index contributed by atoms with van der Waals surface area (Å²) >= 11 is 0. The number of rotatable bonds is 3. The average Bonchev–Trinajstić information content (AvgIpc) is 2.65. The highest BCUT2D eigenvalue weighted by Gasteiger charge is 2.20. The van der Waals surface area contributed by atoms with Gasteiger partial charge in [0.15, 0.2) is 0 Å². The molecule has 0 bridgehead atoms. The predicted octanol–water partition coefficient (Wildman–Crippen LogP) is 4.28. The summed E-state index contributed by atoms with van der Waals surface area (Å²) in [4.78, 5) is 11.9. The number of benzene rings is 1. The van der Waals surface area contributed by atoms with Crippen LogP contribution in [0.15, 0.2) is 29.2 Å². The lowest BCUT2D eigenvalue weighted by atomic mass is 10.0. The van der Waals surface area contributed by atoms with Crippen LogP contribution in [0.25, 0.3) is 0 Å². The first-order valence-electron chi connectivity index (χ1n) is 10.5. The molecule has 1 unspecified atom stereocenters. The molecule has 0 spiro atoms. The Kier molecular flexibility index (Phi) is 9.92. The van der Waals surface area contributed by atoms with Crippen LogP contribution in [-0.4, -0.2) is 26.9 Å². The van der Waals surface area contributed by atoms with Gasteiger partial charge in [-0.3, -0.25) is 4.79 Å². The third-order valence-electron chi connectivity index (χ3n) is 5.20. The Morgan fingerprint density at radius 2 is 1.43 bits per heavy atom. The minimum Gasteiger partial charge on any atom is -0.356 e. The predicted molar refractivity (Wildman–Crippen MR) is 109 cm³/mol. The maximum absolute atomic E-state index is 13.1. The Labute approximate surface area is 168 Å². The first kappa shape index (κ1) is 22.8. The van der Waals surface area contributed by atoms with Crippen molar-refractivity contribution in [2.75, 3.05) is 6.54 Å². The fourth-order valence-electron chi connectivity index (χ4n) is 3.57. The zero-order chi connectivity index (χ0) is 20.2. The number of carbonyl (C=O) groups is 1. The van der Waals surface area contributed by atoms with Crippen LogP contribution < -0.4 is 10.0 Å². The molecule has 1 heterocycles. The van der Waals surface area contributed by atoms with Gasteiger partial charge in [0, 0.05) is 19.0 Å². The maximum atomic E-state index is 13.1. The second kappa shape index (κ2) is 12.2. The summed E-state index contributed by atoms with van der Waals surface area (Å²) in [6.45, 7) is 0.563. The fourth-order valence-corrected chi connectivity index (χ4v) is 4.87. The second-order valence-electron chi connectivity index (χ2n) is 7.63. The molecule has 0 aliphatic carbocycles. The highest BCUT2D eigenvalue weighted by Crippen LogP contribution is 2.16. The van der Waals surface area contributed by atoms with Crippen molar-refractivity contribution in [3.05, 3.63) is 30.1 Å². The summed E-state index contributed by atoms with van der Waals surface area (Å²) in [5.41, 5.74) is 0. The molecule has 0 aromatic heterocycles. The number of hydrogen-bond donors (Lipinski definition) is 2. The van der Waals surface area contributed by atoms with Gasteiger partial charge in [0.1, 0.15) is 5.82 Å². The van der Waals surface area contributed by atoms with Crippen LogP contribution in [0.2, 0.25) is 0 Å². The van der Waals surface area contributed by atoms with Crippen molar-refractivity contribution < 1.29 is 17.6 Å². The van der Waals surface area contributed by atoms with E-state index < -0.39 is 15.8 Å². The van der Waals surface area contributed by atoms with Gasteiger partial charge >= 0.3 is 0 Å². The van der Waals surface area contributed by atoms with Crippen molar-refractivity contribution in [1.82, 2.24) is 10.0 Å². The van der Waals surface area contributed by atoms with E-state index in [2.05, 4.69) is 10.0 Å². The molecule has 1 aromatic carbocycles. The van der Waals surface area contributed by atoms with Gasteiger partial charge in [-0.1, -0.05) is 44.9 Å². The largest absolute Gasteiger partial charge is 0.356 e. The molecule has 1 saturated heterocycles. The average molecular weight is 413 g/mol. The molecule has 1 atom stereocenters. The van der Waals surface area contributed by atoms with Crippen molar-refractivity contribution in [2.24, 2.45) is 0 Å². The molecule has 1 fully saturated rings. The van der Waals surface area contributed by atoms with Gasteiger partial charge in [-0.15, -0.1) is 0 Å². The van der Waals surface area contributed by atoms with Gasteiger partial charge in [0.05, 0.1) is 4.90 Å². The molecular weight excluding hydrogens is 379 g/mol. The van der Waals surface area contributed by atoms with Crippen LogP contribution in [-0.2, 0) is 14.8 Å². The highest BCUT2D eigenvalue weighted by atomic mass is 32.2. The van der Waals surface area contributed by atoms with Crippen LogP contribution in [0.1, 0.15) is 77.0 Å². The van der Waals surface area contributed by atoms with Gasteiger partial charge in [-0.05, 0) is 49.9 Å². The van der Waals surface area contributed by atoms with Crippen molar-refractivity contribution in [1.29, 1.82) is 0 Å². The van der Waals surface area contributed by atoms with Gasteiger partial charge in [0.25, 0.3) is 0 Å². The molecule has 0 radical (unpaired) electrons. The van der Waals surface area contributed by atoms with Gasteiger partial charge in [-0.2, -0.15) is 0 Å². The third-order valence-corrected chi connectivity index (χ3v) is 6.74. The molecule has 1 aliphatic rings. The summed E-state index contributed by atoms with van der Waals surface area (Å²) < 4.78 is 41.1. The number of halogens is 1. The lowest BCUT2D eigenvalue weighted by molar-refractivity contribution is -0.121. The minimum atomic E-state index is -3.68. The van der Waals surface area contributed by atoms with Crippen LogP contribution in [0.4, 0.5) is 4.39 Å². The first-order valence-corrected chi connectivity index (χ1v) is 12.0. The minimum absolute atomic E-state index is 0.0781. The van der Waals surface area contributed by atoms with E-state index >= 15 is 0 Å². The Hall–Kier alpha value is -1.47. The van der Waals surface area contributed by atoms with Gasteiger partial charge < -0.3 is 5.32 Å². The van der Waals surface area contributed by atoms with E-state index in [0.717, 1.165) is 57.1 Å². The molecule has 1 aliphatic heterocycles. The quantitative estimate of drug-likeness (QED) is 0.778. The van der Waals surface area contributed by atoms with Crippen LogP contribution in [0.5, 0.6) is 0 Å². The summed E-state index contributed by atoms with van der Waals surface area (Å²) in [5.74, 6) is -0.380. The molecule has 2 N–H and O–H groups in total. The molecule has 2 rings (SSSR count). The second-order valence-corrected chi connectivity index (χ2v) is 9.35. The van der Waals surface area contributed by atoms with Crippen molar-refractivity contribution in [2.45, 2.75) is 88.0 Å². The van der Waals surface area contributed by atoms with Crippen molar-refractivity contribution in [3.63, 3.8) is 0 Å². The molecule has 1 aromatic rings. The number of hydrogen-bond acceptors (Lipinski definition) is 3. The van der Waals surface area contributed by atoms with Gasteiger partial charge in [-0.25, -0.2) is 17.5 Å². The topological polar surface area (TPSA) is 75.3 Å². The van der Waals surface area contributed by atoms with E-state index in [4.69, 9.17) is 0 Å². The van der Waals surface area contributed by atoms with E-state index in [0.29, 0.717) is 19.4 Å². The smallest absolute Gasteiger partial charge is 0.240 e. The molecule has 0 saturated carbocycles. The lowest BCUT2D eigenvalue weighted by Crippen LogP contribution is -2.35. The molecule has 158 valence electrons. The number of amides is 1. The Morgan fingerprint density at radius 3 is 2.11 bits per heavy atom. The van der Waals surface area contributed by atoms with E-state index in [1.54, 1.807) is 0 Å². The van der Waals surface area contributed by atoms with E-state index in [-0.39, 0.29) is 16.8 Å². The van der Waals surface area contributed by atoms with Crippen LogP contribution in [0, 0.1) is 5.82 Å². The summed E-state index contributed by atoms with van der Waals surface area (Å²) in [6, 6.07) is 4.70. The number of carbonyl (C=O) groups excluding carboxylic acids is 1. The monoisotopic (exact) mass is 412 g/mol. The van der Waals surface area contributed by atoms with Crippen LogP contribution in [0.3, 0.4) is 0 Å². The van der Waals surface area contributed by atoms with Gasteiger partial charge in [0.2, 0.25) is 15.9 Å². The Balaban J connectivity index is 1.94. The third kappa shape index (κ3) is 8.69. The SMILES string of the molecule is O=C1CCCCCCCCCCC(NS(=O)(=O)c2ccc(F)cc2)CCCN1. The Morgan fingerprint density at radius 1 is 0.857 bits per heavy atom. The molecule has 7 heteroatoms. The molecule has 28 heavy (non-hydrogen) atoms. The maximum Gasteiger partial charge on any atom is 0.240 e. The summed E-state index contributed by atoms with van der Waals surface area (Å²) in [5, 5.41) is 2.93. The fraction of sp³-hybridized carbons (Fsp3) is 0.667.